The molecule has 1 aromatic carbocycles. The number of anilines is 1. The van der Waals surface area contributed by atoms with Crippen LogP contribution in [0.3, 0.4) is 0 Å². The molecule has 0 aliphatic carbocycles. The van der Waals surface area contributed by atoms with Gasteiger partial charge in [0.15, 0.2) is 0 Å². The average molecular weight is 276 g/mol. The van der Waals surface area contributed by atoms with Crippen LogP contribution in [0.15, 0.2) is 18.2 Å². The zero-order valence-electron chi connectivity index (χ0n) is 12.4. The Hall–Kier alpha value is -1.55. The van der Waals surface area contributed by atoms with Crippen molar-refractivity contribution in [3.8, 4) is 0 Å². The number of rotatable bonds is 4. The Morgan fingerprint density at radius 2 is 2.30 bits per heavy atom. The summed E-state index contributed by atoms with van der Waals surface area (Å²) in [5.74, 6) is 0.0195. The molecule has 0 radical (unpaired) electrons. The lowest BCUT2D eigenvalue weighted by Gasteiger charge is -2.30. The van der Waals surface area contributed by atoms with E-state index in [2.05, 4.69) is 12.2 Å². The molecule has 1 aromatic rings. The topological polar surface area (TPSA) is 52.6 Å². The number of hydrogen-bond acceptors (Lipinski definition) is 3. The van der Waals surface area contributed by atoms with Crippen LogP contribution in [0.5, 0.6) is 0 Å². The molecule has 1 amide bonds. The Morgan fingerprint density at radius 3 is 3.00 bits per heavy atom. The highest BCUT2D eigenvalue weighted by Crippen LogP contribution is 2.21. The third kappa shape index (κ3) is 3.51. The van der Waals surface area contributed by atoms with Crippen molar-refractivity contribution in [2.45, 2.75) is 39.2 Å². The zero-order valence-corrected chi connectivity index (χ0v) is 12.4. The van der Waals surface area contributed by atoms with E-state index < -0.39 is 0 Å². The Kier molecular flexibility index (Phi) is 5.01. The molecule has 110 valence electrons. The van der Waals surface area contributed by atoms with Gasteiger partial charge in [0.2, 0.25) is 0 Å². The van der Waals surface area contributed by atoms with Crippen LogP contribution in [0.25, 0.3) is 0 Å². The number of aryl methyl sites for hydroxylation is 1. The van der Waals surface area contributed by atoms with Crippen LogP contribution in [0, 0.1) is 6.92 Å². The highest BCUT2D eigenvalue weighted by Gasteiger charge is 2.24. The van der Waals surface area contributed by atoms with E-state index in [4.69, 9.17) is 0 Å². The monoisotopic (exact) mass is 276 g/mol. The van der Waals surface area contributed by atoms with Crippen LogP contribution in [-0.4, -0.2) is 41.7 Å². The largest absolute Gasteiger partial charge is 0.391 e. The van der Waals surface area contributed by atoms with Crippen LogP contribution >= 0.6 is 0 Å². The predicted molar refractivity (Wildman–Crippen MR) is 81.1 cm³/mol. The maximum Gasteiger partial charge on any atom is 0.256 e. The number of aliphatic hydroxyl groups is 1. The molecule has 2 rings (SSSR count). The highest BCUT2D eigenvalue weighted by atomic mass is 16.3. The van der Waals surface area contributed by atoms with Crippen LogP contribution in [0.2, 0.25) is 0 Å². The number of carbonyl (C=O) groups is 1. The van der Waals surface area contributed by atoms with Crippen LogP contribution in [-0.2, 0) is 0 Å². The smallest absolute Gasteiger partial charge is 0.256 e. The Morgan fingerprint density at radius 1 is 1.50 bits per heavy atom. The van der Waals surface area contributed by atoms with E-state index in [0.717, 1.165) is 43.6 Å². The highest BCUT2D eigenvalue weighted by molar-refractivity contribution is 6.00. The van der Waals surface area contributed by atoms with Gasteiger partial charge in [0.25, 0.3) is 5.91 Å². The van der Waals surface area contributed by atoms with E-state index >= 15 is 0 Å². The van der Waals surface area contributed by atoms with Crippen molar-refractivity contribution in [2.75, 3.05) is 25.0 Å². The Bertz CT molecular complexity index is 474. The molecule has 20 heavy (non-hydrogen) atoms. The number of benzene rings is 1. The Labute approximate surface area is 120 Å². The molecule has 1 saturated heterocycles. The summed E-state index contributed by atoms with van der Waals surface area (Å²) >= 11 is 0. The standard InChI is InChI=1S/C16H24N2O2/c1-3-8-17-15-7-6-12(2)10-14(15)16(20)18-9-4-5-13(19)11-18/h6-7,10,13,17,19H,3-5,8-9,11H2,1-2H3. The van der Waals surface area contributed by atoms with E-state index in [-0.39, 0.29) is 12.0 Å². The molecule has 1 aliphatic rings. The van der Waals surface area contributed by atoms with Gasteiger partial charge in [-0.3, -0.25) is 4.79 Å². The second kappa shape index (κ2) is 6.75. The number of aliphatic hydroxyl groups excluding tert-OH is 1. The van der Waals surface area contributed by atoms with Crippen LogP contribution in [0.4, 0.5) is 5.69 Å². The van der Waals surface area contributed by atoms with Gasteiger partial charge in [0, 0.05) is 25.3 Å². The van der Waals surface area contributed by atoms with Gasteiger partial charge in [-0.2, -0.15) is 0 Å². The average Bonchev–Trinajstić information content (AvgIpc) is 2.45. The predicted octanol–water partition coefficient (Wildman–Crippen LogP) is 2.41. The van der Waals surface area contributed by atoms with E-state index in [1.165, 1.54) is 0 Å². The van der Waals surface area contributed by atoms with Crippen molar-refractivity contribution < 1.29 is 9.90 Å². The van der Waals surface area contributed by atoms with Gasteiger partial charge in [0.1, 0.15) is 0 Å². The first-order valence-electron chi connectivity index (χ1n) is 7.43. The van der Waals surface area contributed by atoms with Gasteiger partial charge >= 0.3 is 0 Å². The molecule has 0 bridgehead atoms. The molecule has 0 aromatic heterocycles. The molecule has 1 atom stereocenters. The van der Waals surface area contributed by atoms with Gasteiger partial charge in [-0.15, -0.1) is 0 Å². The molecular formula is C16H24N2O2. The number of β-amino-alcohol motifs (C(OH)–C–C–N with tert-alkyl or cyclic N) is 1. The van der Waals surface area contributed by atoms with Crippen molar-refractivity contribution in [3.05, 3.63) is 29.3 Å². The summed E-state index contributed by atoms with van der Waals surface area (Å²) in [7, 11) is 0. The summed E-state index contributed by atoms with van der Waals surface area (Å²) in [5.41, 5.74) is 2.68. The van der Waals surface area contributed by atoms with Crippen molar-refractivity contribution >= 4 is 11.6 Å². The third-order valence-corrected chi connectivity index (χ3v) is 3.65. The van der Waals surface area contributed by atoms with E-state index in [0.29, 0.717) is 12.1 Å². The lowest BCUT2D eigenvalue weighted by Crippen LogP contribution is -2.42. The van der Waals surface area contributed by atoms with Crippen molar-refractivity contribution in [1.29, 1.82) is 0 Å². The normalized spacial score (nSPS) is 18.9. The molecule has 1 fully saturated rings. The minimum atomic E-state index is -0.385. The molecule has 0 spiro atoms. The second-order valence-corrected chi connectivity index (χ2v) is 5.52. The molecule has 0 saturated carbocycles. The number of carbonyl (C=O) groups excluding carboxylic acids is 1. The summed E-state index contributed by atoms with van der Waals surface area (Å²) in [5, 5.41) is 13.0. The fourth-order valence-corrected chi connectivity index (χ4v) is 2.56. The van der Waals surface area contributed by atoms with Crippen LogP contribution < -0.4 is 5.32 Å². The number of likely N-dealkylation sites (tertiary alicyclic amines) is 1. The summed E-state index contributed by atoms with van der Waals surface area (Å²) in [6.07, 6.45) is 2.29. The van der Waals surface area contributed by atoms with Gasteiger partial charge in [-0.05, 0) is 38.3 Å². The fraction of sp³-hybridized carbons (Fsp3) is 0.562. The molecular weight excluding hydrogens is 252 g/mol. The lowest BCUT2D eigenvalue weighted by atomic mass is 10.0. The first-order valence-corrected chi connectivity index (χ1v) is 7.43. The molecule has 4 heteroatoms. The van der Waals surface area contributed by atoms with Gasteiger partial charge in [0.05, 0.1) is 11.7 Å². The third-order valence-electron chi connectivity index (χ3n) is 3.65. The summed E-state index contributed by atoms with van der Waals surface area (Å²) < 4.78 is 0. The molecule has 2 N–H and O–H groups in total. The minimum absolute atomic E-state index is 0.0195. The first kappa shape index (κ1) is 14.9. The number of nitrogens with one attached hydrogen (secondary N) is 1. The molecule has 1 heterocycles. The van der Waals surface area contributed by atoms with Gasteiger partial charge < -0.3 is 15.3 Å². The SMILES string of the molecule is CCCNc1ccc(C)cc1C(=O)N1CCCC(O)C1. The molecule has 1 aliphatic heterocycles. The molecule has 1 unspecified atom stereocenters. The first-order chi connectivity index (χ1) is 9.61. The van der Waals surface area contributed by atoms with Crippen molar-refractivity contribution in [3.63, 3.8) is 0 Å². The van der Waals surface area contributed by atoms with E-state index in [9.17, 15) is 9.90 Å². The van der Waals surface area contributed by atoms with Crippen molar-refractivity contribution in [2.24, 2.45) is 0 Å². The van der Waals surface area contributed by atoms with E-state index in [1.807, 2.05) is 25.1 Å². The number of nitrogens with zero attached hydrogens (tertiary/aromatic N) is 1. The van der Waals surface area contributed by atoms with Gasteiger partial charge in [-0.1, -0.05) is 18.6 Å². The molecule has 4 nitrogen and oxygen atoms in total. The fourth-order valence-electron chi connectivity index (χ4n) is 2.56. The summed E-state index contributed by atoms with van der Waals surface area (Å²) in [6, 6.07) is 5.92. The van der Waals surface area contributed by atoms with Crippen LogP contribution in [0.1, 0.15) is 42.1 Å². The minimum Gasteiger partial charge on any atom is -0.391 e. The number of amides is 1. The summed E-state index contributed by atoms with van der Waals surface area (Å²) in [4.78, 5) is 14.4. The second-order valence-electron chi connectivity index (χ2n) is 5.52. The number of hydrogen-bond donors (Lipinski definition) is 2. The maximum absolute atomic E-state index is 12.7. The zero-order chi connectivity index (χ0) is 14.5. The van der Waals surface area contributed by atoms with E-state index in [1.54, 1.807) is 4.90 Å². The quantitative estimate of drug-likeness (QED) is 0.888. The summed E-state index contributed by atoms with van der Waals surface area (Å²) in [6.45, 7) is 6.12. The van der Waals surface area contributed by atoms with Crippen molar-refractivity contribution in [1.82, 2.24) is 4.90 Å². The Balaban J connectivity index is 2.20. The lowest BCUT2D eigenvalue weighted by molar-refractivity contribution is 0.0474. The maximum atomic E-state index is 12.7. The number of piperidine rings is 1. The van der Waals surface area contributed by atoms with Gasteiger partial charge in [-0.25, -0.2) is 0 Å².